The number of nitrogens with two attached hydrogens (primary N) is 1. The fraction of sp³-hybridized carbons (Fsp3) is 0.421. The van der Waals surface area contributed by atoms with Gasteiger partial charge in [-0.15, -0.1) is 0 Å². The molecule has 4 rings (SSSR count). The van der Waals surface area contributed by atoms with Gasteiger partial charge in [-0.3, -0.25) is 5.41 Å². The fourth-order valence-electron chi connectivity index (χ4n) is 3.07. The van der Waals surface area contributed by atoms with Crippen LogP contribution < -0.4 is 20.7 Å². The molecule has 1 aromatic carbocycles. The van der Waals surface area contributed by atoms with Crippen LogP contribution in [0.4, 0.5) is 11.5 Å². The fourth-order valence-corrected chi connectivity index (χ4v) is 3.07. The van der Waals surface area contributed by atoms with Crippen molar-refractivity contribution in [2.45, 2.75) is 25.4 Å². The molecule has 0 amide bonds. The monoisotopic (exact) mass is 352 g/mol. The smallest absolute Gasteiger partial charge is 0.132 e. The summed E-state index contributed by atoms with van der Waals surface area (Å²) in [6.45, 7) is 5.75. The van der Waals surface area contributed by atoms with E-state index in [-0.39, 0.29) is 11.3 Å². The van der Waals surface area contributed by atoms with Crippen molar-refractivity contribution in [3.63, 3.8) is 0 Å². The molecule has 136 valence electrons. The van der Waals surface area contributed by atoms with E-state index in [1.165, 1.54) is 6.33 Å². The maximum absolute atomic E-state index is 8.61. The minimum absolute atomic E-state index is 0.0695. The molecular weight excluding hydrogens is 328 g/mol. The number of piperazine rings is 1. The zero-order chi connectivity index (χ0) is 18.1. The first-order valence-corrected chi connectivity index (χ1v) is 9.00. The zero-order valence-electron chi connectivity index (χ0n) is 15.0. The van der Waals surface area contributed by atoms with E-state index in [1.807, 2.05) is 18.2 Å². The van der Waals surface area contributed by atoms with Gasteiger partial charge in [0.15, 0.2) is 0 Å². The first kappa shape index (κ1) is 16.8. The Bertz CT molecular complexity index is 827. The second-order valence-electron chi connectivity index (χ2n) is 7.17. The molecule has 2 aromatic rings. The lowest BCUT2D eigenvalue weighted by Gasteiger charge is -2.28. The Hall–Kier alpha value is -2.67. The van der Waals surface area contributed by atoms with Crippen LogP contribution in [0.1, 0.15) is 31.0 Å². The van der Waals surface area contributed by atoms with E-state index < -0.39 is 0 Å². The number of aromatic nitrogens is 2. The molecular formula is C19H24N6O. The Morgan fingerprint density at radius 3 is 2.73 bits per heavy atom. The lowest BCUT2D eigenvalue weighted by atomic mass is 10.0. The van der Waals surface area contributed by atoms with Gasteiger partial charge in [0, 0.05) is 43.5 Å². The van der Waals surface area contributed by atoms with Gasteiger partial charge in [0.2, 0.25) is 0 Å². The van der Waals surface area contributed by atoms with Crippen molar-refractivity contribution in [2.24, 2.45) is 0 Å². The Labute approximate surface area is 153 Å². The number of hydrogen-bond donors (Lipinski definition) is 3. The number of nitrogens with zero attached hydrogens (tertiary/aromatic N) is 3. The summed E-state index contributed by atoms with van der Waals surface area (Å²) in [5, 5.41) is 11.9. The molecule has 4 N–H and O–H groups in total. The highest BCUT2D eigenvalue weighted by Crippen LogP contribution is 2.40. The molecule has 7 nitrogen and oxygen atoms in total. The number of anilines is 2. The van der Waals surface area contributed by atoms with Crippen LogP contribution in [0.2, 0.25) is 0 Å². The first-order chi connectivity index (χ1) is 12.5. The van der Waals surface area contributed by atoms with Crippen molar-refractivity contribution in [3.05, 3.63) is 41.9 Å². The van der Waals surface area contributed by atoms with Gasteiger partial charge in [-0.05, 0) is 38.0 Å². The van der Waals surface area contributed by atoms with Crippen molar-refractivity contribution in [3.8, 4) is 5.75 Å². The van der Waals surface area contributed by atoms with Crippen LogP contribution in [0.15, 0.2) is 30.6 Å². The molecule has 2 heterocycles. The van der Waals surface area contributed by atoms with Gasteiger partial charge in [0.1, 0.15) is 23.5 Å². The molecule has 2 aliphatic rings. The topological polar surface area (TPSA) is 100 Å². The zero-order valence-corrected chi connectivity index (χ0v) is 15.0. The molecule has 26 heavy (non-hydrogen) atoms. The average molecular weight is 352 g/mol. The van der Waals surface area contributed by atoms with Gasteiger partial charge in [0.25, 0.3) is 0 Å². The van der Waals surface area contributed by atoms with E-state index in [0.717, 1.165) is 50.6 Å². The van der Waals surface area contributed by atoms with Gasteiger partial charge in [-0.25, -0.2) is 9.97 Å². The predicted octanol–water partition coefficient (Wildman–Crippen LogP) is 1.82. The highest BCUT2D eigenvalue weighted by molar-refractivity contribution is 6.13. The number of hydrogen-bond acceptors (Lipinski definition) is 7. The highest BCUT2D eigenvalue weighted by Gasteiger charge is 2.40. The standard InChI is InChI=1S/C19H24N6O/c1-19(4-5-19)26-13-2-3-15(20)14(10-13)18(21)16-11-17(24-12-23-16)25-8-6-22-7-9-25/h2-3,10-12,21-22H,4-9,20H2,1H3. The van der Waals surface area contributed by atoms with Crippen LogP contribution >= 0.6 is 0 Å². The Morgan fingerprint density at radius 2 is 2.00 bits per heavy atom. The molecule has 1 saturated carbocycles. The molecule has 1 saturated heterocycles. The van der Waals surface area contributed by atoms with Gasteiger partial charge in [0.05, 0.1) is 11.4 Å². The van der Waals surface area contributed by atoms with E-state index in [1.54, 1.807) is 6.07 Å². The van der Waals surface area contributed by atoms with Crippen LogP contribution in [0.3, 0.4) is 0 Å². The Kier molecular flexibility index (Phi) is 4.24. The van der Waals surface area contributed by atoms with Crippen molar-refractivity contribution in [1.82, 2.24) is 15.3 Å². The summed E-state index contributed by atoms with van der Waals surface area (Å²) in [5.41, 5.74) is 8.09. The third-order valence-corrected chi connectivity index (χ3v) is 4.96. The molecule has 1 aliphatic heterocycles. The predicted molar refractivity (Wildman–Crippen MR) is 102 cm³/mol. The summed E-state index contributed by atoms with van der Waals surface area (Å²) >= 11 is 0. The third kappa shape index (κ3) is 3.48. The SMILES string of the molecule is CC1(Oc2ccc(N)c(C(=N)c3cc(N4CCNCC4)ncn3)c2)CC1. The van der Waals surface area contributed by atoms with Crippen LogP contribution in [0.25, 0.3) is 0 Å². The second-order valence-corrected chi connectivity index (χ2v) is 7.17. The Balaban J connectivity index is 1.59. The normalized spacial score (nSPS) is 18.4. The van der Waals surface area contributed by atoms with Crippen molar-refractivity contribution in [1.29, 1.82) is 5.41 Å². The summed E-state index contributed by atoms with van der Waals surface area (Å²) in [7, 11) is 0. The summed E-state index contributed by atoms with van der Waals surface area (Å²) in [4.78, 5) is 10.9. The van der Waals surface area contributed by atoms with E-state index >= 15 is 0 Å². The van der Waals surface area contributed by atoms with E-state index in [2.05, 4.69) is 27.1 Å². The molecule has 0 unspecified atom stereocenters. The van der Waals surface area contributed by atoms with Crippen molar-refractivity contribution < 1.29 is 4.74 Å². The number of nitrogen functional groups attached to an aromatic ring is 1. The molecule has 1 aliphatic carbocycles. The van der Waals surface area contributed by atoms with Gasteiger partial charge in [-0.1, -0.05) is 0 Å². The summed E-state index contributed by atoms with van der Waals surface area (Å²) < 4.78 is 6.01. The molecule has 1 aromatic heterocycles. The lowest BCUT2D eigenvalue weighted by Crippen LogP contribution is -2.44. The number of nitrogens with one attached hydrogen (secondary N) is 2. The van der Waals surface area contributed by atoms with Crippen LogP contribution in [0.5, 0.6) is 5.75 Å². The lowest BCUT2D eigenvalue weighted by molar-refractivity contribution is 0.200. The number of rotatable bonds is 5. The van der Waals surface area contributed by atoms with Crippen LogP contribution in [0, 0.1) is 5.41 Å². The highest BCUT2D eigenvalue weighted by atomic mass is 16.5. The minimum Gasteiger partial charge on any atom is -0.488 e. The molecule has 0 spiro atoms. The maximum Gasteiger partial charge on any atom is 0.132 e. The maximum atomic E-state index is 8.61. The second kappa shape index (κ2) is 6.57. The van der Waals surface area contributed by atoms with Crippen molar-refractivity contribution in [2.75, 3.05) is 36.8 Å². The molecule has 0 radical (unpaired) electrons. The van der Waals surface area contributed by atoms with Crippen LogP contribution in [-0.4, -0.2) is 47.5 Å². The average Bonchev–Trinajstić information content (AvgIpc) is 3.40. The first-order valence-electron chi connectivity index (χ1n) is 9.00. The van der Waals surface area contributed by atoms with Crippen LogP contribution in [-0.2, 0) is 0 Å². The number of benzene rings is 1. The molecule has 2 fully saturated rings. The molecule has 0 atom stereocenters. The molecule has 0 bridgehead atoms. The van der Waals surface area contributed by atoms with Gasteiger partial charge in [-0.2, -0.15) is 0 Å². The quantitative estimate of drug-likeness (QED) is 0.561. The third-order valence-electron chi connectivity index (χ3n) is 4.96. The minimum atomic E-state index is -0.0695. The summed E-state index contributed by atoms with van der Waals surface area (Å²) in [5.74, 6) is 1.59. The largest absolute Gasteiger partial charge is 0.488 e. The number of ether oxygens (including phenoxy) is 1. The summed E-state index contributed by atoms with van der Waals surface area (Å²) in [6.07, 6.45) is 3.64. The van der Waals surface area contributed by atoms with Gasteiger partial charge < -0.3 is 20.7 Å². The van der Waals surface area contributed by atoms with E-state index in [9.17, 15) is 0 Å². The molecule has 7 heteroatoms. The van der Waals surface area contributed by atoms with Crippen molar-refractivity contribution >= 4 is 17.2 Å². The Morgan fingerprint density at radius 1 is 1.23 bits per heavy atom. The van der Waals surface area contributed by atoms with Gasteiger partial charge >= 0.3 is 0 Å². The van der Waals surface area contributed by atoms with E-state index in [0.29, 0.717) is 16.9 Å². The van der Waals surface area contributed by atoms with E-state index in [4.69, 9.17) is 15.9 Å². The summed E-state index contributed by atoms with van der Waals surface area (Å²) in [6, 6.07) is 7.36.